The number of hydrogen-bond donors (Lipinski definition) is 0. The maximum absolute atomic E-state index is 6.76. The monoisotopic (exact) mass is 908 g/mol. The van der Waals surface area contributed by atoms with Gasteiger partial charge in [-0.1, -0.05) is 71.9 Å². The fourth-order valence-electron chi connectivity index (χ4n) is 9.50. The van der Waals surface area contributed by atoms with Gasteiger partial charge >= 0.3 is 0 Å². The molecule has 0 unspecified atom stereocenters. The number of anilines is 5. The molecule has 0 amide bonds. The van der Waals surface area contributed by atoms with Crippen LogP contribution < -0.4 is 24.3 Å². The van der Waals surface area contributed by atoms with Crippen LogP contribution in [0.5, 0.6) is 11.5 Å². The molecular weight excluding hydrogens is 872 g/mol. The van der Waals surface area contributed by atoms with Gasteiger partial charge in [0.2, 0.25) is 0 Å². The Labute approximate surface area is 341 Å². The number of rotatable bonds is 5. The largest absolute Gasteiger partial charge is 0.509 e. The number of benzene rings is 6. The van der Waals surface area contributed by atoms with Gasteiger partial charge in [-0.3, -0.25) is 0 Å². The molecule has 278 valence electrons. The molecular formula is C48H37N6OPt-3. The molecule has 0 atom stereocenters. The average Bonchev–Trinajstić information content (AvgIpc) is 3.83. The van der Waals surface area contributed by atoms with Crippen LogP contribution in [-0.2, 0) is 26.5 Å². The first-order chi connectivity index (χ1) is 26.9. The summed E-state index contributed by atoms with van der Waals surface area (Å²) in [5.41, 5.74) is 14.5. The van der Waals surface area contributed by atoms with Crippen LogP contribution in [-0.4, -0.2) is 44.8 Å². The number of nitrogens with zero attached hydrogens (tertiary/aromatic N) is 6. The van der Waals surface area contributed by atoms with E-state index in [1.54, 1.807) is 0 Å². The van der Waals surface area contributed by atoms with Crippen LogP contribution in [0.15, 0.2) is 128 Å². The van der Waals surface area contributed by atoms with Crippen molar-refractivity contribution in [3.8, 4) is 28.4 Å². The van der Waals surface area contributed by atoms with Gasteiger partial charge < -0.3 is 28.9 Å². The van der Waals surface area contributed by atoms with E-state index in [-0.39, 0.29) is 21.1 Å². The quantitative estimate of drug-likeness (QED) is 0.160. The van der Waals surface area contributed by atoms with Gasteiger partial charge in [-0.25, -0.2) is 4.98 Å². The summed E-state index contributed by atoms with van der Waals surface area (Å²) in [7, 11) is 10.7. The third kappa shape index (κ3) is 4.52. The van der Waals surface area contributed by atoms with Crippen LogP contribution >= 0.6 is 0 Å². The molecule has 4 heterocycles. The van der Waals surface area contributed by atoms with Crippen LogP contribution in [0.1, 0.15) is 22.3 Å². The van der Waals surface area contributed by atoms with Gasteiger partial charge in [0.15, 0.2) is 0 Å². The number of para-hydroxylation sites is 2. The Kier molecular flexibility index (Phi) is 7.68. The molecule has 0 N–H and O–H groups in total. The van der Waals surface area contributed by atoms with E-state index in [1.807, 2.05) is 30.5 Å². The fraction of sp³-hybridized carbons (Fsp3) is 0.125. The molecule has 8 heteroatoms. The zero-order chi connectivity index (χ0) is 37.2. The summed E-state index contributed by atoms with van der Waals surface area (Å²) in [6.07, 6.45) is 1.83. The maximum Gasteiger partial charge on any atom is 0.135 e. The number of hydrogen-bond acceptors (Lipinski definition) is 6. The molecule has 56 heavy (non-hydrogen) atoms. The molecule has 3 aliphatic rings. The molecule has 6 aromatic carbocycles. The SMILES string of the molecule is CN(C)c1cccc2c1C1(c3ccc(Oc4[c-]c5c(cc4)c4ccccc4n5-c4ccccn4)[c-]c3N3[CH-]N(C)c4cccc1c43)c1c-2cccc1N(C)C.[Pt]. The number of pyridine rings is 1. The minimum atomic E-state index is -0.633. The van der Waals surface area contributed by atoms with Gasteiger partial charge in [0.05, 0.1) is 0 Å². The standard InChI is InChI=1S/C48H37N6O.Pt/c1-50(2)39-18-10-14-34-35-15-11-19-40(51(3)4)46(35)48(45(34)39)36-25-23-31(28-43(36)53-29-52(5)41-20-12-16-37(48)47(41)53)55-30-22-24-33-32-13-6-7-17-38(32)54(42(33)27-30)44-21-8-9-26-49-44;/h6-26,29H,1-5H3;/q-3;. The van der Waals surface area contributed by atoms with Crippen molar-refractivity contribution in [1.82, 2.24) is 9.55 Å². The van der Waals surface area contributed by atoms with Crippen molar-refractivity contribution in [3.63, 3.8) is 0 Å². The minimum absolute atomic E-state index is 0. The number of aromatic nitrogens is 2. The average molecular weight is 909 g/mol. The first-order valence-corrected chi connectivity index (χ1v) is 18.6. The molecule has 2 aliphatic heterocycles. The predicted octanol–water partition coefficient (Wildman–Crippen LogP) is 10.1. The Morgan fingerprint density at radius 1 is 0.661 bits per heavy atom. The first kappa shape index (κ1) is 34.4. The fourth-order valence-corrected chi connectivity index (χ4v) is 9.50. The Balaban J connectivity index is 0.00000384. The van der Waals surface area contributed by atoms with Gasteiger partial charge in [-0.15, -0.1) is 35.2 Å². The molecule has 0 bridgehead atoms. The van der Waals surface area contributed by atoms with Crippen LogP contribution in [0.4, 0.5) is 28.4 Å². The normalized spacial score (nSPS) is 14.0. The van der Waals surface area contributed by atoms with Crippen molar-refractivity contribution < 1.29 is 25.8 Å². The molecule has 0 radical (unpaired) electrons. The van der Waals surface area contributed by atoms with Crippen molar-refractivity contribution in [2.45, 2.75) is 5.41 Å². The summed E-state index contributed by atoms with van der Waals surface area (Å²) in [5, 5.41) is 2.24. The van der Waals surface area contributed by atoms with E-state index in [0.29, 0.717) is 11.5 Å². The van der Waals surface area contributed by atoms with Crippen molar-refractivity contribution >= 4 is 50.2 Å². The predicted molar refractivity (Wildman–Crippen MR) is 224 cm³/mol. The van der Waals surface area contributed by atoms with E-state index in [4.69, 9.17) is 9.72 Å². The molecule has 11 rings (SSSR count). The zero-order valence-electron chi connectivity index (χ0n) is 31.6. The van der Waals surface area contributed by atoms with Crippen LogP contribution in [0.2, 0.25) is 0 Å². The molecule has 0 saturated heterocycles. The maximum atomic E-state index is 6.76. The Morgan fingerprint density at radius 3 is 2.05 bits per heavy atom. The summed E-state index contributed by atoms with van der Waals surface area (Å²) in [4.78, 5) is 13.7. The zero-order valence-corrected chi connectivity index (χ0v) is 33.9. The summed E-state index contributed by atoms with van der Waals surface area (Å²) < 4.78 is 8.92. The molecule has 1 aliphatic carbocycles. The van der Waals surface area contributed by atoms with Gasteiger partial charge in [0, 0.05) is 101 Å². The summed E-state index contributed by atoms with van der Waals surface area (Å²) in [5.74, 6) is 2.07. The molecule has 1 spiro atoms. The second-order valence-corrected chi connectivity index (χ2v) is 15.0. The van der Waals surface area contributed by atoms with E-state index >= 15 is 0 Å². The summed E-state index contributed by atoms with van der Waals surface area (Å²) in [6, 6.07) is 50.5. The molecule has 0 fully saturated rings. The van der Waals surface area contributed by atoms with Crippen LogP contribution in [0.3, 0.4) is 0 Å². The minimum Gasteiger partial charge on any atom is -0.509 e. The van der Waals surface area contributed by atoms with E-state index in [2.05, 4.69) is 175 Å². The van der Waals surface area contributed by atoms with Gasteiger partial charge in [-0.2, -0.15) is 18.8 Å². The van der Waals surface area contributed by atoms with Gasteiger partial charge in [-0.05, 0) is 76.6 Å². The molecule has 8 aromatic rings. The molecule has 2 aromatic heterocycles. The van der Waals surface area contributed by atoms with E-state index in [9.17, 15) is 0 Å². The topological polar surface area (TPSA) is 40.0 Å². The van der Waals surface area contributed by atoms with E-state index in [1.165, 1.54) is 44.9 Å². The van der Waals surface area contributed by atoms with Crippen LogP contribution in [0.25, 0.3) is 38.8 Å². The molecule has 7 nitrogen and oxygen atoms in total. The third-order valence-electron chi connectivity index (χ3n) is 11.6. The summed E-state index contributed by atoms with van der Waals surface area (Å²) in [6.45, 7) is 2.18. The second-order valence-electron chi connectivity index (χ2n) is 15.0. The number of fused-ring (bicyclic) bond motifs is 12. The van der Waals surface area contributed by atoms with Crippen molar-refractivity contribution in [1.29, 1.82) is 0 Å². The third-order valence-corrected chi connectivity index (χ3v) is 11.6. The number of ether oxygens (including phenoxy) is 1. The van der Waals surface area contributed by atoms with Gasteiger partial charge in [0.1, 0.15) is 5.82 Å². The van der Waals surface area contributed by atoms with Gasteiger partial charge in [0.25, 0.3) is 0 Å². The Bertz CT molecular complexity index is 2820. The second kappa shape index (κ2) is 12.5. The Morgan fingerprint density at radius 2 is 1.34 bits per heavy atom. The van der Waals surface area contributed by atoms with Crippen LogP contribution in [0, 0.1) is 18.8 Å². The van der Waals surface area contributed by atoms with Crippen molar-refractivity contribution in [2.24, 2.45) is 0 Å². The van der Waals surface area contributed by atoms with Crippen molar-refractivity contribution in [3.05, 3.63) is 169 Å². The van der Waals surface area contributed by atoms with E-state index < -0.39 is 5.41 Å². The first-order valence-electron chi connectivity index (χ1n) is 18.6. The Hall–Kier alpha value is -6.04. The molecule has 0 saturated carbocycles. The van der Waals surface area contributed by atoms with E-state index in [0.717, 1.165) is 44.6 Å². The smallest absolute Gasteiger partial charge is 0.135 e. The van der Waals surface area contributed by atoms with Crippen molar-refractivity contribution in [2.75, 3.05) is 54.8 Å². The summed E-state index contributed by atoms with van der Waals surface area (Å²) >= 11 is 0.